The summed E-state index contributed by atoms with van der Waals surface area (Å²) in [6, 6.07) is 4.08. The predicted octanol–water partition coefficient (Wildman–Crippen LogP) is 2.61. The maximum atomic E-state index is 12.9. The lowest BCUT2D eigenvalue weighted by molar-refractivity contribution is 0.628. The van der Waals surface area contributed by atoms with Crippen molar-refractivity contribution < 1.29 is 4.39 Å². The van der Waals surface area contributed by atoms with Gasteiger partial charge in [-0.25, -0.2) is 4.39 Å². The highest BCUT2D eigenvalue weighted by molar-refractivity contribution is 6.33. The van der Waals surface area contributed by atoms with Crippen LogP contribution in [0.15, 0.2) is 23.2 Å². The maximum Gasteiger partial charge on any atom is 0.193 e. The fourth-order valence-corrected chi connectivity index (χ4v) is 1.21. The summed E-state index contributed by atoms with van der Waals surface area (Å²) in [7, 11) is 0. The van der Waals surface area contributed by atoms with E-state index in [-0.39, 0.29) is 17.8 Å². The molecule has 0 spiro atoms. The molecular weight excluding hydrogens is 217 g/mol. The third-order valence-electron chi connectivity index (χ3n) is 1.59. The van der Waals surface area contributed by atoms with E-state index < -0.39 is 0 Å². The van der Waals surface area contributed by atoms with Crippen LogP contribution >= 0.6 is 11.6 Å². The van der Waals surface area contributed by atoms with Gasteiger partial charge in [-0.1, -0.05) is 11.6 Å². The summed E-state index contributed by atoms with van der Waals surface area (Å²) in [5.41, 5.74) is 6.00. The zero-order valence-corrected chi connectivity index (χ0v) is 9.35. The van der Waals surface area contributed by atoms with Crippen LogP contribution in [-0.4, -0.2) is 12.0 Å². The Morgan fingerprint density at radius 2 is 2.20 bits per heavy atom. The number of rotatable bonds is 2. The van der Waals surface area contributed by atoms with E-state index in [1.807, 2.05) is 13.8 Å². The lowest BCUT2D eigenvalue weighted by atomic mass is 10.3. The van der Waals surface area contributed by atoms with Gasteiger partial charge in [-0.15, -0.1) is 0 Å². The van der Waals surface area contributed by atoms with Crippen LogP contribution in [0.4, 0.5) is 10.1 Å². The zero-order valence-electron chi connectivity index (χ0n) is 8.59. The Morgan fingerprint density at radius 1 is 1.53 bits per heavy atom. The molecule has 3 nitrogen and oxygen atoms in total. The molecule has 0 amide bonds. The van der Waals surface area contributed by atoms with E-state index in [2.05, 4.69) is 10.3 Å². The molecule has 0 saturated heterocycles. The lowest BCUT2D eigenvalue weighted by Crippen LogP contribution is -2.24. The van der Waals surface area contributed by atoms with E-state index in [0.717, 1.165) is 0 Å². The molecule has 0 saturated carbocycles. The number of nitrogens with one attached hydrogen (secondary N) is 1. The first-order chi connectivity index (χ1) is 6.99. The zero-order chi connectivity index (χ0) is 11.4. The molecule has 1 rings (SSSR count). The molecule has 0 aliphatic heterocycles. The van der Waals surface area contributed by atoms with Gasteiger partial charge in [0.25, 0.3) is 0 Å². The Kier molecular flexibility index (Phi) is 3.91. The fraction of sp³-hybridized carbons (Fsp3) is 0.300. The average Bonchev–Trinajstić information content (AvgIpc) is 2.10. The Hall–Kier alpha value is -1.29. The van der Waals surface area contributed by atoms with Gasteiger partial charge >= 0.3 is 0 Å². The second-order valence-corrected chi connectivity index (χ2v) is 3.76. The first-order valence-corrected chi connectivity index (χ1v) is 4.92. The average molecular weight is 230 g/mol. The molecule has 15 heavy (non-hydrogen) atoms. The van der Waals surface area contributed by atoms with E-state index in [9.17, 15) is 4.39 Å². The number of anilines is 1. The largest absolute Gasteiger partial charge is 0.370 e. The van der Waals surface area contributed by atoms with Crippen LogP contribution in [-0.2, 0) is 0 Å². The minimum Gasteiger partial charge on any atom is -0.370 e. The monoisotopic (exact) mass is 229 g/mol. The van der Waals surface area contributed by atoms with Crippen molar-refractivity contribution in [3.63, 3.8) is 0 Å². The van der Waals surface area contributed by atoms with E-state index in [1.165, 1.54) is 18.2 Å². The second-order valence-electron chi connectivity index (χ2n) is 3.36. The fourth-order valence-electron chi connectivity index (χ4n) is 1.04. The molecule has 0 fully saturated rings. The van der Waals surface area contributed by atoms with Crippen molar-refractivity contribution in [3.05, 3.63) is 29.0 Å². The summed E-state index contributed by atoms with van der Waals surface area (Å²) >= 11 is 5.84. The van der Waals surface area contributed by atoms with Gasteiger partial charge in [0.2, 0.25) is 0 Å². The van der Waals surface area contributed by atoms with Crippen molar-refractivity contribution in [2.45, 2.75) is 19.9 Å². The smallest absolute Gasteiger partial charge is 0.193 e. The van der Waals surface area contributed by atoms with Crippen LogP contribution < -0.4 is 11.1 Å². The lowest BCUT2D eigenvalue weighted by Gasteiger charge is -2.08. The molecule has 0 aromatic heterocycles. The second kappa shape index (κ2) is 4.98. The van der Waals surface area contributed by atoms with Crippen LogP contribution in [0.3, 0.4) is 0 Å². The maximum absolute atomic E-state index is 12.9. The van der Waals surface area contributed by atoms with Crippen LogP contribution in [0, 0.1) is 5.82 Å². The van der Waals surface area contributed by atoms with Gasteiger partial charge in [-0.3, -0.25) is 4.99 Å². The van der Waals surface area contributed by atoms with Crippen LogP contribution in [0.2, 0.25) is 5.02 Å². The summed E-state index contributed by atoms with van der Waals surface area (Å²) in [5, 5.41) is 3.14. The Labute approximate surface area is 93.1 Å². The summed E-state index contributed by atoms with van der Waals surface area (Å²) in [6.45, 7) is 3.78. The molecule has 3 N–H and O–H groups in total. The molecule has 1 aromatic rings. The highest BCUT2D eigenvalue weighted by Crippen LogP contribution is 2.21. The van der Waals surface area contributed by atoms with Gasteiger partial charge in [0, 0.05) is 6.04 Å². The van der Waals surface area contributed by atoms with E-state index >= 15 is 0 Å². The first kappa shape index (κ1) is 11.8. The van der Waals surface area contributed by atoms with Gasteiger partial charge in [0.1, 0.15) is 5.82 Å². The highest BCUT2D eigenvalue weighted by atomic mass is 35.5. The minimum absolute atomic E-state index is 0.0739. The standard InChI is InChI=1S/C10H13ClFN3/c1-6(2)14-10(13)15-9-5-7(12)3-4-8(9)11/h3-6H,1-2H3,(H3,13,14,15). The number of aliphatic imine (C=N–C) groups is 1. The van der Waals surface area contributed by atoms with Crippen molar-refractivity contribution in [3.8, 4) is 0 Å². The van der Waals surface area contributed by atoms with Crippen molar-refractivity contribution in [1.29, 1.82) is 0 Å². The van der Waals surface area contributed by atoms with Crippen molar-refractivity contribution in [2.24, 2.45) is 10.7 Å². The van der Waals surface area contributed by atoms with E-state index in [1.54, 1.807) is 0 Å². The van der Waals surface area contributed by atoms with Crippen LogP contribution in [0.25, 0.3) is 0 Å². The number of benzene rings is 1. The number of halogens is 2. The molecule has 0 heterocycles. The van der Waals surface area contributed by atoms with Crippen LogP contribution in [0.5, 0.6) is 0 Å². The highest BCUT2D eigenvalue weighted by Gasteiger charge is 2.03. The molecule has 0 aliphatic rings. The third kappa shape index (κ3) is 3.75. The summed E-state index contributed by atoms with van der Waals surface area (Å²) in [4.78, 5) is 4.05. The molecule has 0 aliphatic carbocycles. The Morgan fingerprint density at radius 3 is 2.80 bits per heavy atom. The van der Waals surface area contributed by atoms with Crippen LogP contribution in [0.1, 0.15) is 13.8 Å². The summed E-state index contributed by atoms with van der Waals surface area (Å²) < 4.78 is 12.9. The molecular formula is C10H13ClFN3. The van der Waals surface area contributed by atoms with Crippen molar-refractivity contribution >= 4 is 23.2 Å². The minimum atomic E-state index is -0.376. The summed E-state index contributed by atoms with van der Waals surface area (Å²) in [5.74, 6) is -0.156. The molecule has 5 heteroatoms. The third-order valence-corrected chi connectivity index (χ3v) is 1.92. The Balaban J connectivity index is 2.85. The topological polar surface area (TPSA) is 50.4 Å². The number of hydrogen-bond donors (Lipinski definition) is 2. The van der Waals surface area contributed by atoms with Gasteiger partial charge in [0.15, 0.2) is 5.96 Å². The van der Waals surface area contributed by atoms with Gasteiger partial charge < -0.3 is 11.1 Å². The predicted molar refractivity (Wildman–Crippen MR) is 61.8 cm³/mol. The molecule has 0 radical (unpaired) electrons. The van der Waals surface area contributed by atoms with E-state index in [4.69, 9.17) is 17.3 Å². The Bertz CT molecular complexity index is 377. The molecule has 0 unspecified atom stereocenters. The number of nitrogens with two attached hydrogens (primary N) is 1. The number of guanidine groups is 1. The van der Waals surface area contributed by atoms with Gasteiger partial charge in [-0.2, -0.15) is 0 Å². The van der Waals surface area contributed by atoms with Crippen molar-refractivity contribution in [2.75, 3.05) is 5.32 Å². The van der Waals surface area contributed by atoms with E-state index in [0.29, 0.717) is 10.7 Å². The molecule has 0 atom stereocenters. The molecule has 1 aromatic carbocycles. The van der Waals surface area contributed by atoms with Gasteiger partial charge in [0.05, 0.1) is 10.7 Å². The molecule has 82 valence electrons. The molecule has 0 bridgehead atoms. The quantitative estimate of drug-likeness (QED) is 0.605. The SMILES string of the molecule is CC(C)N=C(N)Nc1cc(F)ccc1Cl. The summed E-state index contributed by atoms with van der Waals surface area (Å²) in [6.07, 6.45) is 0. The van der Waals surface area contributed by atoms with Crippen molar-refractivity contribution in [1.82, 2.24) is 0 Å². The normalized spacial score (nSPS) is 11.9. The first-order valence-electron chi connectivity index (χ1n) is 4.54. The van der Waals surface area contributed by atoms with Gasteiger partial charge in [-0.05, 0) is 32.0 Å². The number of nitrogens with zero attached hydrogens (tertiary/aromatic N) is 1. The number of hydrogen-bond acceptors (Lipinski definition) is 1.